The van der Waals surface area contributed by atoms with E-state index in [4.69, 9.17) is 0 Å². The Bertz CT molecular complexity index is 219. The van der Waals surface area contributed by atoms with Crippen molar-refractivity contribution < 1.29 is 5.11 Å². The highest BCUT2D eigenvalue weighted by Crippen LogP contribution is 2.51. The number of hydrogen-bond donors (Lipinski definition) is 2. The summed E-state index contributed by atoms with van der Waals surface area (Å²) < 4.78 is 0. The minimum atomic E-state index is -0.392. The van der Waals surface area contributed by atoms with Gasteiger partial charge in [0.1, 0.15) is 0 Å². The summed E-state index contributed by atoms with van der Waals surface area (Å²) in [7, 11) is 0. The molecule has 0 saturated heterocycles. The van der Waals surface area contributed by atoms with E-state index in [9.17, 15) is 5.11 Å². The lowest BCUT2D eigenvalue weighted by molar-refractivity contribution is 0.00472. The van der Waals surface area contributed by atoms with E-state index in [1.165, 1.54) is 25.7 Å². The van der Waals surface area contributed by atoms with Gasteiger partial charge in [0.05, 0.1) is 5.60 Å². The highest BCUT2D eigenvalue weighted by Gasteiger charge is 2.45. The third-order valence-corrected chi connectivity index (χ3v) is 4.35. The molecular weight excluding hydrogens is 186 g/mol. The minimum absolute atomic E-state index is 0.392. The Hall–Kier alpha value is -0.0800. The third kappa shape index (κ3) is 2.94. The van der Waals surface area contributed by atoms with Crippen molar-refractivity contribution in [3.63, 3.8) is 0 Å². The molecule has 0 aromatic carbocycles. The molecule has 0 amide bonds. The van der Waals surface area contributed by atoms with E-state index < -0.39 is 5.60 Å². The Labute approximate surface area is 93.5 Å². The van der Waals surface area contributed by atoms with Crippen molar-refractivity contribution in [3.8, 4) is 0 Å². The first kappa shape index (κ1) is 11.4. The Morgan fingerprint density at radius 3 is 2.33 bits per heavy atom. The average Bonchev–Trinajstić information content (AvgIpc) is 2.75. The first-order valence-electron chi connectivity index (χ1n) is 6.45. The van der Waals surface area contributed by atoms with Crippen molar-refractivity contribution in [1.29, 1.82) is 0 Å². The molecule has 2 saturated carbocycles. The van der Waals surface area contributed by atoms with Gasteiger partial charge in [-0.15, -0.1) is 0 Å². The van der Waals surface area contributed by atoms with Crippen LogP contribution in [0.4, 0.5) is 0 Å². The second-order valence-electron chi connectivity index (χ2n) is 6.31. The second kappa shape index (κ2) is 4.06. The standard InChI is InChI=1S/C13H25NO/c1-12(2)8-11(12)9-14-10-13(15)6-4-3-5-7-13/h11,14-15H,3-10H2,1-2H3. The van der Waals surface area contributed by atoms with Crippen LogP contribution in [0, 0.1) is 11.3 Å². The molecule has 0 aromatic heterocycles. The Morgan fingerprint density at radius 2 is 1.80 bits per heavy atom. The predicted octanol–water partition coefficient (Wildman–Crippen LogP) is 2.32. The van der Waals surface area contributed by atoms with Gasteiger partial charge in [0.15, 0.2) is 0 Å². The van der Waals surface area contributed by atoms with Gasteiger partial charge < -0.3 is 10.4 Å². The van der Waals surface area contributed by atoms with Crippen molar-refractivity contribution in [2.75, 3.05) is 13.1 Å². The third-order valence-electron chi connectivity index (χ3n) is 4.35. The van der Waals surface area contributed by atoms with Crippen LogP contribution in [0.5, 0.6) is 0 Å². The average molecular weight is 211 g/mol. The molecule has 1 unspecified atom stereocenters. The van der Waals surface area contributed by atoms with Gasteiger partial charge in [0.25, 0.3) is 0 Å². The predicted molar refractivity (Wildman–Crippen MR) is 62.8 cm³/mol. The zero-order valence-corrected chi connectivity index (χ0v) is 10.2. The first-order valence-corrected chi connectivity index (χ1v) is 6.45. The lowest BCUT2D eigenvalue weighted by Gasteiger charge is -2.32. The molecule has 0 heterocycles. The Kier molecular flexibility index (Phi) is 3.09. The van der Waals surface area contributed by atoms with Crippen LogP contribution in [0.3, 0.4) is 0 Å². The molecule has 88 valence electrons. The fourth-order valence-corrected chi connectivity index (χ4v) is 2.79. The molecule has 2 nitrogen and oxygen atoms in total. The zero-order valence-electron chi connectivity index (χ0n) is 10.2. The fourth-order valence-electron chi connectivity index (χ4n) is 2.79. The van der Waals surface area contributed by atoms with Gasteiger partial charge in [-0.1, -0.05) is 33.1 Å². The van der Waals surface area contributed by atoms with E-state index in [-0.39, 0.29) is 0 Å². The van der Waals surface area contributed by atoms with Crippen LogP contribution in [-0.2, 0) is 0 Å². The molecule has 2 fully saturated rings. The lowest BCUT2D eigenvalue weighted by atomic mass is 9.85. The maximum absolute atomic E-state index is 10.3. The summed E-state index contributed by atoms with van der Waals surface area (Å²) in [5, 5.41) is 13.7. The summed E-state index contributed by atoms with van der Waals surface area (Å²) in [4.78, 5) is 0. The van der Waals surface area contributed by atoms with Gasteiger partial charge in [0, 0.05) is 6.54 Å². The van der Waals surface area contributed by atoms with Crippen LogP contribution in [0.25, 0.3) is 0 Å². The molecule has 2 rings (SSSR count). The number of nitrogens with one attached hydrogen (secondary N) is 1. The Balaban J connectivity index is 1.65. The van der Waals surface area contributed by atoms with Crippen LogP contribution in [-0.4, -0.2) is 23.8 Å². The van der Waals surface area contributed by atoms with E-state index in [1.54, 1.807) is 0 Å². The van der Waals surface area contributed by atoms with E-state index in [0.29, 0.717) is 5.41 Å². The normalized spacial score (nSPS) is 32.6. The maximum atomic E-state index is 10.3. The summed E-state index contributed by atoms with van der Waals surface area (Å²) in [6.45, 7) is 6.55. The fraction of sp³-hybridized carbons (Fsp3) is 1.00. The molecule has 15 heavy (non-hydrogen) atoms. The number of rotatable bonds is 4. The van der Waals surface area contributed by atoms with Crippen molar-refractivity contribution in [1.82, 2.24) is 5.32 Å². The molecule has 0 radical (unpaired) electrons. The van der Waals surface area contributed by atoms with E-state index in [0.717, 1.165) is 31.8 Å². The first-order chi connectivity index (χ1) is 7.02. The highest BCUT2D eigenvalue weighted by atomic mass is 16.3. The van der Waals surface area contributed by atoms with Gasteiger partial charge in [-0.25, -0.2) is 0 Å². The minimum Gasteiger partial charge on any atom is -0.389 e. The molecule has 0 spiro atoms. The van der Waals surface area contributed by atoms with Crippen molar-refractivity contribution in [2.24, 2.45) is 11.3 Å². The maximum Gasteiger partial charge on any atom is 0.0771 e. The van der Waals surface area contributed by atoms with Gasteiger partial charge in [-0.05, 0) is 37.1 Å². The molecule has 0 aromatic rings. The summed E-state index contributed by atoms with van der Waals surface area (Å²) in [5.41, 5.74) is 0.166. The van der Waals surface area contributed by atoms with Gasteiger partial charge in [-0.3, -0.25) is 0 Å². The monoisotopic (exact) mass is 211 g/mol. The zero-order chi connectivity index (χ0) is 10.9. The van der Waals surface area contributed by atoms with Crippen molar-refractivity contribution in [2.45, 2.75) is 58.0 Å². The summed E-state index contributed by atoms with van der Waals surface area (Å²) in [6, 6.07) is 0. The van der Waals surface area contributed by atoms with Crippen LogP contribution >= 0.6 is 0 Å². The molecule has 2 aliphatic carbocycles. The van der Waals surface area contributed by atoms with Crippen LogP contribution in [0.2, 0.25) is 0 Å². The molecule has 1 atom stereocenters. The molecule has 2 heteroatoms. The van der Waals surface area contributed by atoms with E-state index in [1.807, 2.05) is 0 Å². The summed E-state index contributed by atoms with van der Waals surface area (Å²) >= 11 is 0. The van der Waals surface area contributed by atoms with Gasteiger partial charge in [0.2, 0.25) is 0 Å². The molecule has 2 N–H and O–H groups in total. The van der Waals surface area contributed by atoms with Gasteiger partial charge in [-0.2, -0.15) is 0 Å². The van der Waals surface area contributed by atoms with Crippen molar-refractivity contribution >= 4 is 0 Å². The topological polar surface area (TPSA) is 32.3 Å². The quantitative estimate of drug-likeness (QED) is 0.748. The van der Waals surface area contributed by atoms with Crippen LogP contribution in [0.15, 0.2) is 0 Å². The lowest BCUT2D eigenvalue weighted by Crippen LogP contribution is -2.42. The highest BCUT2D eigenvalue weighted by molar-refractivity contribution is 4.96. The Morgan fingerprint density at radius 1 is 1.20 bits per heavy atom. The van der Waals surface area contributed by atoms with Crippen LogP contribution < -0.4 is 5.32 Å². The van der Waals surface area contributed by atoms with Gasteiger partial charge >= 0.3 is 0 Å². The number of aliphatic hydroxyl groups is 1. The summed E-state index contributed by atoms with van der Waals surface area (Å²) in [6.07, 6.45) is 7.04. The van der Waals surface area contributed by atoms with Crippen LogP contribution in [0.1, 0.15) is 52.4 Å². The molecule has 0 aliphatic heterocycles. The second-order valence-corrected chi connectivity index (χ2v) is 6.31. The van der Waals surface area contributed by atoms with Crippen molar-refractivity contribution in [3.05, 3.63) is 0 Å². The van der Waals surface area contributed by atoms with E-state index >= 15 is 0 Å². The largest absolute Gasteiger partial charge is 0.389 e. The molecule has 2 aliphatic rings. The molecular formula is C13H25NO. The summed E-state index contributed by atoms with van der Waals surface area (Å²) in [5.74, 6) is 0.838. The SMILES string of the molecule is CC1(C)CC1CNCC1(O)CCCCC1. The number of hydrogen-bond acceptors (Lipinski definition) is 2. The smallest absolute Gasteiger partial charge is 0.0771 e. The molecule has 0 bridgehead atoms. The van der Waals surface area contributed by atoms with E-state index in [2.05, 4.69) is 19.2 Å².